The molecule has 13 heavy (non-hydrogen) atoms. The van der Waals surface area contributed by atoms with Crippen LogP contribution in [0.4, 0.5) is 0 Å². The Hall–Kier alpha value is 0.270. The molecule has 0 spiro atoms. The van der Waals surface area contributed by atoms with Crippen LogP contribution in [0.15, 0.2) is 0 Å². The van der Waals surface area contributed by atoms with E-state index in [0.29, 0.717) is 5.92 Å². The largest absolute Gasteiger partial charge is 0.380 e. The van der Waals surface area contributed by atoms with Gasteiger partial charge in [0.05, 0.1) is 12.1 Å². The van der Waals surface area contributed by atoms with E-state index in [1.165, 1.54) is 6.42 Å². The fourth-order valence-electron chi connectivity index (χ4n) is 1.59. The molecule has 1 atom stereocenters. The molecule has 1 N–H and O–H groups in total. The first-order chi connectivity index (χ1) is 6.18. The van der Waals surface area contributed by atoms with Gasteiger partial charge in [-0.3, -0.25) is 0 Å². The third kappa shape index (κ3) is 3.49. The molecule has 1 rings (SSSR count). The highest BCUT2D eigenvalue weighted by Crippen LogP contribution is 2.20. The van der Waals surface area contributed by atoms with Gasteiger partial charge in [0.1, 0.15) is 0 Å². The van der Waals surface area contributed by atoms with Crippen molar-refractivity contribution < 1.29 is 4.74 Å². The van der Waals surface area contributed by atoms with Crippen molar-refractivity contribution >= 4 is 12.6 Å². The minimum atomic E-state index is 0.144. The third-order valence-electron chi connectivity index (χ3n) is 2.51. The molecule has 0 aromatic heterocycles. The fraction of sp³-hybridized carbons (Fsp3) is 1.00. The Bertz CT molecular complexity index is 144. The summed E-state index contributed by atoms with van der Waals surface area (Å²) in [7, 11) is 0. The Labute approximate surface area is 86.8 Å². The van der Waals surface area contributed by atoms with E-state index in [9.17, 15) is 0 Å². The van der Waals surface area contributed by atoms with Crippen molar-refractivity contribution in [3.05, 3.63) is 0 Å². The molecule has 1 saturated heterocycles. The van der Waals surface area contributed by atoms with Crippen LogP contribution in [-0.2, 0) is 4.74 Å². The molecular formula is C10H21NOS. The predicted octanol–water partition coefficient (Wildman–Crippen LogP) is 1.71. The van der Waals surface area contributed by atoms with Crippen LogP contribution in [0, 0.1) is 5.92 Å². The van der Waals surface area contributed by atoms with Gasteiger partial charge in [-0.1, -0.05) is 13.8 Å². The quantitative estimate of drug-likeness (QED) is 0.679. The highest BCUT2D eigenvalue weighted by atomic mass is 32.1. The van der Waals surface area contributed by atoms with E-state index >= 15 is 0 Å². The van der Waals surface area contributed by atoms with E-state index in [1.54, 1.807) is 0 Å². The summed E-state index contributed by atoms with van der Waals surface area (Å²) >= 11 is 4.41. The Morgan fingerprint density at radius 3 is 2.77 bits per heavy atom. The smallest absolute Gasteiger partial charge is 0.0656 e. The van der Waals surface area contributed by atoms with Crippen molar-refractivity contribution in [1.82, 2.24) is 5.32 Å². The maximum absolute atomic E-state index is 5.50. The average Bonchev–Trinajstić information content (AvgIpc) is 2.16. The lowest BCUT2D eigenvalue weighted by Gasteiger charge is -2.37. The van der Waals surface area contributed by atoms with Gasteiger partial charge in [0.2, 0.25) is 0 Å². The van der Waals surface area contributed by atoms with Crippen molar-refractivity contribution in [3.63, 3.8) is 0 Å². The lowest BCUT2D eigenvalue weighted by atomic mass is 9.94. The van der Waals surface area contributed by atoms with E-state index in [-0.39, 0.29) is 5.54 Å². The molecule has 0 amide bonds. The summed E-state index contributed by atoms with van der Waals surface area (Å²) in [4.78, 5) is 0. The van der Waals surface area contributed by atoms with Crippen LogP contribution < -0.4 is 5.32 Å². The second kappa shape index (κ2) is 5.23. The first kappa shape index (κ1) is 11.3. The highest BCUT2D eigenvalue weighted by Gasteiger charge is 2.30. The number of rotatable bonds is 4. The number of nitrogens with one attached hydrogen (secondary N) is 1. The minimum Gasteiger partial charge on any atom is -0.380 e. The van der Waals surface area contributed by atoms with Crippen LogP contribution in [0.5, 0.6) is 0 Å². The maximum atomic E-state index is 5.50. The van der Waals surface area contributed by atoms with Crippen LogP contribution in [-0.4, -0.2) is 31.1 Å². The van der Waals surface area contributed by atoms with Gasteiger partial charge < -0.3 is 10.1 Å². The molecule has 1 heterocycles. The van der Waals surface area contributed by atoms with Crippen molar-refractivity contribution in [2.45, 2.75) is 32.2 Å². The number of hydrogen-bond acceptors (Lipinski definition) is 3. The normalized spacial score (nSPS) is 29.5. The molecule has 0 aliphatic carbocycles. The second-order valence-corrected chi connectivity index (χ2v) is 4.69. The van der Waals surface area contributed by atoms with Crippen LogP contribution in [0.2, 0.25) is 0 Å². The van der Waals surface area contributed by atoms with Crippen molar-refractivity contribution in [3.8, 4) is 0 Å². The van der Waals surface area contributed by atoms with Crippen molar-refractivity contribution in [2.24, 2.45) is 5.92 Å². The SMILES string of the molecule is CC(C)CNC1(CS)CCCOC1. The first-order valence-electron chi connectivity index (χ1n) is 5.12. The Balaban J connectivity index is 2.38. The molecule has 0 radical (unpaired) electrons. The Morgan fingerprint density at radius 2 is 2.31 bits per heavy atom. The summed E-state index contributed by atoms with van der Waals surface area (Å²) < 4.78 is 5.50. The van der Waals surface area contributed by atoms with Crippen LogP contribution in [0.1, 0.15) is 26.7 Å². The number of thiol groups is 1. The monoisotopic (exact) mass is 203 g/mol. The first-order valence-corrected chi connectivity index (χ1v) is 5.75. The van der Waals surface area contributed by atoms with E-state index in [2.05, 4.69) is 31.8 Å². The molecular weight excluding hydrogens is 182 g/mol. The van der Waals surface area contributed by atoms with Gasteiger partial charge in [-0.15, -0.1) is 0 Å². The van der Waals surface area contributed by atoms with Crippen LogP contribution in [0.3, 0.4) is 0 Å². The molecule has 0 bridgehead atoms. The van der Waals surface area contributed by atoms with E-state index in [1.807, 2.05) is 0 Å². The van der Waals surface area contributed by atoms with Crippen molar-refractivity contribution in [2.75, 3.05) is 25.5 Å². The highest BCUT2D eigenvalue weighted by molar-refractivity contribution is 7.80. The molecule has 0 saturated carbocycles. The lowest BCUT2D eigenvalue weighted by molar-refractivity contribution is 0.0298. The lowest BCUT2D eigenvalue weighted by Crippen LogP contribution is -2.54. The molecule has 1 unspecified atom stereocenters. The molecule has 78 valence electrons. The molecule has 1 fully saturated rings. The van der Waals surface area contributed by atoms with Gasteiger partial charge in [0.15, 0.2) is 0 Å². The average molecular weight is 203 g/mol. The van der Waals surface area contributed by atoms with E-state index in [4.69, 9.17) is 4.74 Å². The van der Waals surface area contributed by atoms with Gasteiger partial charge in [-0.25, -0.2) is 0 Å². The molecule has 2 nitrogen and oxygen atoms in total. The van der Waals surface area contributed by atoms with E-state index in [0.717, 1.165) is 31.9 Å². The maximum Gasteiger partial charge on any atom is 0.0656 e. The number of hydrogen-bond donors (Lipinski definition) is 2. The molecule has 0 aromatic carbocycles. The second-order valence-electron chi connectivity index (χ2n) is 4.37. The summed E-state index contributed by atoms with van der Waals surface area (Å²) in [5, 5.41) is 3.58. The number of ether oxygens (including phenoxy) is 1. The predicted molar refractivity (Wildman–Crippen MR) is 59.5 cm³/mol. The van der Waals surface area contributed by atoms with Crippen LogP contribution >= 0.6 is 12.6 Å². The summed E-state index contributed by atoms with van der Waals surface area (Å²) in [5.41, 5.74) is 0.144. The topological polar surface area (TPSA) is 21.3 Å². The minimum absolute atomic E-state index is 0.144. The standard InChI is InChI=1S/C10H21NOS/c1-9(2)6-11-10(8-13)4-3-5-12-7-10/h9,11,13H,3-8H2,1-2H3. The van der Waals surface area contributed by atoms with Gasteiger partial charge in [0.25, 0.3) is 0 Å². The molecule has 0 aromatic rings. The summed E-state index contributed by atoms with van der Waals surface area (Å²) in [6, 6.07) is 0. The summed E-state index contributed by atoms with van der Waals surface area (Å²) in [6.45, 7) is 7.25. The molecule has 3 heteroatoms. The van der Waals surface area contributed by atoms with Gasteiger partial charge in [-0.05, 0) is 25.3 Å². The summed E-state index contributed by atoms with van der Waals surface area (Å²) in [6.07, 6.45) is 2.36. The zero-order valence-corrected chi connectivity index (χ0v) is 9.57. The summed E-state index contributed by atoms with van der Waals surface area (Å²) in [5.74, 6) is 1.57. The van der Waals surface area contributed by atoms with Crippen molar-refractivity contribution in [1.29, 1.82) is 0 Å². The van der Waals surface area contributed by atoms with E-state index < -0.39 is 0 Å². The Kier molecular flexibility index (Phi) is 4.56. The molecule has 1 aliphatic rings. The Morgan fingerprint density at radius 1 is 1.54 bits per heavy atom. The third-order valence-corrected chi connectivity index (χ3v) is 3.12. The van der Waals surface area contributed by atoms with Gasteiger partial charge >= 0.3 is 0 Å². The zero-order chi connectivity index (χ0) is 9.73. The van der Waals surface area contributed by atoms with Gasteiger partial charge in [0, 0.05) is 12.4 Å². The van der Waals surface area contributed by atoms with Gasteiger partial charge in [-0.2, -0.15) is 12.6 Å². The molecule has 1 aliphatic heterocycles. The van der Waals surface area contributed by atoms with Crippen LogP contribution in [0.25, 0.3) is 0 Å². The fourth-order valence-corrected chi connectivity index (χ4v) is 1.95. The zero-order valence-electron chi connectivity index (χ0n) is 8.68.